The number of halogens is 1. The third-order valence-electron chi connectivity index (χ3n) is 3.25. The topological polar surface area (TPSA) is 69.6 Å². The van der Waals surface area contributed by atoms with Gasteiger partial charge in [-0.2, -0.15) is 0 Å². The van der Waals surface area contributed by atoms with E-state index in [9.17, 15) is 15.0 Å². The van der Waals surface area contributed by atoms with Gasteiger partial charge in [-0.05, 0) is 53.6 Å². The van der Waals surface area contributed by atoms with Gasteiger partial charge in [0.15, 0.2) is 0 Å². The van der Waals surface area contributed by atoms with Gasteiger partial charge in [-0.3, -0.25) is 4.79 Å². The standard InChI is InChI=1S/C13H16INO3/c14-9-6-5-8(7-12(9)17)13(18)15-10-3-1-2-4-11(10)16/h5-7,10-11,16-17H,1-4H2,(H,15,18)/t10-,11-/m1/s1. The minimum absolute atomic E-state index is 0.104. The number of carbonyl (C=O) groups excluding carboxylic acids is 1. The van der Waals surface area contributed by atoms with Crippen molar-refractivity contribution >= 4 is 28.5 Å². The first kappa shape index (κ1) is 13.6. The number of rotatable bonds is 2. The molecule has 1 amide bonds. The molecule has 3 N–H and O–H groups in total. The van der Waals surface area contributed by atoms with Gasteiger partial charge in [0.2, 0.25) is 0 Å². The lowest BCUT2D eigenvalue weighted by atomic mass is 9.92. The van der Waals surface area contributed by atoms with Gasteiger partial charge in [-0.1, -0.05) is 12.8 Å². The first-order valence-corrected chi connectivity index (χ1v) is 7.13. The third-order valence-corrected chi connectivity index (χ3v) is 4.17. The van der Waals surface area contributed by atoms with E-state index in [4.69, 9.17) is 0 Å². The predicted molar refractivity (Wildman–Crippen MR) is 76.6 cm³/mol. The number of aliphatic hydroxyl groups excluding tert-OH is 1. The highest BCUT2D eigenvalue weighted by Crippen LogP contribution is 2.22. The maximum absolute atomic E-state index is 12.0. The van der Waals surface area contributed by atoms with Gasteiger partial charge in [0.25, 0.3) is 5.91 Å². The Morgan fingerprint density at radius 1 is 1.33 bits per heavy atom. The summed E-state index contributed by atoms with van der Waals surface area (Å²) in [6.45, 7) is 0. The van der Waals surface area contributed by atoms with Crippen LogP contribution in [-0.4, -0.2) is 28.3 Å². The number of aliphatic hydroxyl groups is 1. The molecule has 2 rings (SSSR count). The Morgan fingerprint density at radius 3 is 2.72 bits per heavy atom. The van der Waals surface area contributed by atoms with Crippen molar-refractivity contribution in [3.05, 3.63) is 27.3 Å². The number of carbonyl (C=O) groups is 1. The van der Waals surface area contributed by atoms with Crippen molar-refractivity contribution in [3.63, 3.8) is 0 Å². The van der Waals surface area contributed by atoms with Crippen molar-refractivity contribution in [3.8, 4) is 5.75 Å². The van der Waals surface area contributed by atoms with Gasteiger partial charge >= 0.3 is 0 Å². The van der Waals surface area contributed by atoms with Crippen LogP contribution < -0.4 is 5.32 Å². The predicted octanol–water partition coefficient (Wildman–Crippen LogP) is 2.03. The number of phenols is 1. The highest BCUT2D eigenvalue weighted by atomic mass is 127. The number of hydrogen-bond acceptors (Lipinski definition) is 3. The van der Waals surface area contributed by atoms with E-state index in [0.29, 0.717) is 9.13 Å². The van der Waals surface area contributed by atoms with Crippen molar-refractivity contribution < 1.29 is 15.0 Å². The molecule has 0 spiro atoms. The minimum Gasteiger partial charge on any atom is -0.507 e. The molecular formula is C13H16INO3. The van der Waals surface area contributed by atoms with Gasteiger partial charge in [0.05, 0.1) is 15.7 Å². The molecule has 98 valence electrons. The van der Waals surface area contributed by atoms with Crippen molar-refractivity contribution in [2.24, 2.45) is 0 Å². The van der Waals surface area contributed by atoms with E-state index in [1.165, 1.54) is 6.07 Å². The molecule has 1 fully saturated rings. The molecule has 1 aliphatic carbocycles. The number of amides is 1. The van der Waals surface area contributed by atoms with Crippen LogP contribution in [0.15, 0.2) is 18.2 Å². The van der Waals surface area contributed by atoms with E-state index < -0.39 is 6.10 Å². The Hall–Kier alpha value is -0.820. The fourth-order valence-corrected chi connectivity index (χ4v) is 2.52. The second-order valence-electron chi connectivity index (χ2n) is 4.60. The van der Waals surface area contributed by atoms with Crippen LogP contribution >= 0.6 is 22.6 Å². The van der Waals surface area contributed by atoms with Crippen molar-refractivity contribution in [2.45, 2.75) is 37.8 Å². The first-order chi connectivity index (χ1) is 8.58. The largest absolute Gasteiger partial charge is 0.507 e. The molecule has 5 heteroatoms. The van der Waals surface area contributed by atoms with Crippen molar-refractivity contribution in [1.29, 1.82) is 0 Å². The fourth-order valence-electron chi connectivity index (χ4n) is 2.19. The van der Waals surface area contributed by atoms with Crippen LogP contribution in [0.2, 0.25) is 0 Å². The van der Waals surface area contributed by atoms with Gasteiger partial charge < -0.3 is 15.5 Å². The Kier molecular flexibility index (Phi) is 4.45. The van der Waals surface area contributed by atoms with E-state index in [2.05, 4.69) is 5.32 Å². The summed E-state index contributed by atoms with van der Waals surface area (Å²) in [5, 5.41) is 22.2. The van der Waals surface area contributed by atoms with Crippen LogP contribution in [-0.2, 0) is 0 Å². The molecule has 18 heavy (non-hydrogen) atoms. The van der Waals surface area contributed by atoms with Gasteiger partial charge in [-0.15, -0.1) is 0 Å². The highest BCUT2D eigenvalue weighted by molar-refractivity contribution is 14.1. The van der Waals surface area contributed by atoms with Crippen LogP contribution in [0.4, 0.5) is 0 Å². The molecule has 0 heterocycles. The van der Waals surface area contributed by atoms with Crippen LogP contribution in [0.3, 0.4) is 0 Å². The SMILES string of the molecule is O=C(N[C@@H]1CCCC[C@H]1O)c1ccc(I)c(O)c1. The number of aromatic hydroxyl groups is 1. The number of phenolic OH excluding ortho intramolecular Hbond substituents is 1. The summed E-state index contributed by atoms with van der Waals surface area (Å²) < 4.78 is 0.710. The summed E-state index contributed by atoms with van der Waals surface area (Å²) in [5.74, 6) is -0.139. The van der Waals surface area contributed by atoms with E-state index in [0.717, 1.165) is 25.7 Å². The molecule has 4 nitrogen and oxygen atoms in total. The second-order valence-corrected chi connectivity index (χ2v) is 5.76. The van der Waals surface area contributed by atoms with E-state index >= 15 is 0 Å². The summed E-state index contributed by atoms with van der Waals surface area (Å²) in [6, 6.07) is 4.65. The second kappa shape index (κ2) is 5.88. The average molecular weight is 361 g/mol. The van der Waals surface area contributed by atoms with Crippen LogP contribution in [0.25, 0.3) is 0 Å². The maximum Gasteiger partial charge on any atom is 0.251 e. The summed E-state index contributed by atoms with van der Waals surface area (Å²) in [6.07, 6.45) is 3.13. The normalized spacial score (nSPS) is 23.7. The number of nitrogens with one attached hydrogen (secondary N) is 1. The molecule has 1 aliphatic rings. The molecule has 0 aromatic heterocycles. The fraction of sp³-hybridized carbons (Fsp3) is 0.462. The van der Waals surface area contributed by atoms with Gasteiger partial charge in [-0.25, -0.2) is 0 Å². The number of benzene rings is 1. The smallest absolute Gasteiger partial charge is 0.251 e. The molecule has 1 aromatic rings. The van der Waals surface area contributed by atoms with E-state index in [-0.39, 0.29) is 17.7 Å². The third kappa shape index (κ3) is 3.14. The zero-order chi connectivity index (χ0) is 13.1. The van der Waals surface area contributed by atoms with E-state index in [1.54, 1.807) is 12.1 Å². The molecule has 2 atom stereocenters. The lowest BCUT2D eigenvalue weighted by Crippen LogP contribution is -2.45. The minimum atomic E-state index is -0.458. The van der Waals surface area contributed by atoms with Crippen LogP contribution in [0.1, 0.15) is 36.0 Å². The summed E-state index contributed by atoms with van der Waals surface area (Å²) in [7, 11) is 0. The van der Waals surface area contributed by atoms with Crippen molar-refractivity contribution in [1.82, 2.24) is 5.32 Å². The van der Waals surface area contributed by atoms with Crippen LogP contribution in [0.5, 0.6) is 5.75 Å². The van der Waals surface area contributed by atoms with Crippen molar-refractivity contribution in [2.75, 3.05) is 0 Å². The summed E-state index contributed by atoms with van der Waals surface area (Å²) >= 11 is 2.00. The lowest BCUT2D eigenvalue weighted by molar-refractivity contribution is 0.0717. The summed E-state index contributed by atoms with van der Waals surface area (Å²) in [4.78, 5) is 12.0. The Bertz CT molecular complexity index is 450. The Labute approximate surface area is 120 Å². The molecule has 1 aromatic carbocycles. The zero-order valence-electron chi connectivity index (χ0n) is 9.90. The highest BCUT2D eigenvalue weighted by Gasteiger charge is 2.24. The molecule has 0 unspecified atom stereocenters. The van der Waals surface area contributed by atoms with Gasteiger partial charge in [0, 0.05) is 5.56 Å². The molecular weight excluding hydrogens is 345 g/mol. The maximum atomic E-state index is 12.0. The molecule has 0 aliphatic heterocycles. The monoisotopic (exact) mass is 361 g/mol. The quantitative estimate of drug-likeness (QED) is 0.706. The van der Waals surface area contributed by atoms with Gasteiger partial charge in [0.1, 0.15) is 5.75 Å². The average Bonchev–Trinajstić information content (AvgIpc) is 2.35. The molecule has 0 radical (unpaired) electrons. The summed E-state index contributed by atoms with van der Waals surface area (Å²) in [5.41, 5.74) is 0.422. The Balaban J connectivity index is 2.04. The lowest BCUT2D eigenvalue weighted by Gasteiger charge is -2.28. The van der Waals surface area contributed by atoms with Crippen LogP contribution in [0, 0.1) is 3.57 Å². The molecule has 1 saturated carbocycles. The molecule has 0 saturated heterocycles. The number of hydrogen-bond donors (Lipinski definition) is 3. The Morgan fingerprint density at radius 2 is 2.06 bits per heavy atom. The van der Waals surface area contributed by atoms with E-state index in [1.807, 2.05) is 22.6 Å². The molecule has 0 bridgehead atoms. The first-order valence-electron chi connectivity index (χ1n) is 6.05. The zero-order valence-corrected chi connectivity index (χ0v) is 12.1.